The monoisotopic (exact) mass is 504 g/mol. The van der Waals surface area contributed by atoms with Crippen molar-refractivity contribution in [2.75, 3.05) is 6.26 Å². The maximum atomic E-state index is 14.3. The van der Waals surface area contributed by atoms with E-state index in [1.165, 1.54) is 19.1 Å². The van der Waals surface area contributed by atoms with Crippen LogP contribution in [0.15, 0.2) is 66.7 Å². The molecule has 0 fully saturated rings. The van der Waals surface area contributed by atoms with E-state index in [1.807, 2.05) is 0 Å². The van der Waals surface area contributed by atoms with Gasteiger partial charge in [0.15, 0.2) is 0 Å². The number of carbonyl (C=O) groups excluding carboxylic acids is 1. The average Bonchev–Trinajstić information content (AvgIpc) is 2.78. The van der Waals surface area contributed by atoms with Crippen LogP contribution >= 0.6 is 0 Å². The summed E-state index contributed by atoms with van der Waals surface area (Å²) in [6.07, 6.45) is 0.990. The van der Waals surface area contributed by atoms with Crippen molar-refractivity contribution in [2.45, 2.75) is 32.2 Å². The molecule has 35 heavy (non-hydrogen) atoms. The van der Waals surface area contributed by atoms with Crippen LogP contribution in [-0.2, 0) is 38.7 Å². The van der Waals surface area contributed by atoms with Crippen molar-refractivity contribution < 1.29 is 30.9 Å². The summed E-state index contributed by atoms with van der Waals surface area (Å²) in [5.41, 5.74) is 5.39. The zero-order chi connectivity index (χ0) is 25.6. The number of benzene rings is 3. The van der Waals surface area contributed by atoms with E-state index < -0.39 is 27.6 Å². The second-order valence-corrected chi connectivity index (χ2v) is 9.70. The van der Waals surface area contributed by atoms with Gasteiger partial charge >= 0.3 is 0 Å². The molecule has 0 saturated carbocycles. The zero-order valence-corrected chi connectivity index (χ0v) is 20.1. The molecular weight excluding hydrogens is 478 g/mol. The normalized spacial score (nSPS) is 13.3. The molecule has 186 valence electrons. The van der Waals surface area contributed by atoms with Crippen molar-refractivity contribution >= 4 is 16.0 Å². The van der Waals surface area contributed by atoms with Crippen molar-refractivity contribution in [1.82, 2.24) is 5.32 Å². The minimum absolute atomic E-state index is 0.00677. The summed E-state index contributed by atoms with van der Waals surface area (Å²) in [7, 11) is -3.98. The molecule has 0 spiro atoms. The van der Waals surface area contributed by atoms with E-state index in [2.05, 4.69) is 5.32 Å². The van der Waals surface area contributed by atoms with E-state index in [-0.39, 0.29) is 25.4 Å². The quantitative estimate of drug-likeness (QED) is 0.306. The van der Waals surface area contributed by atoms with E-state index in [4.69, 9.17) is 14.7 Å². The molecule has 1 atom stereocenters. The van der Waals surface area contributed by atoms with Gasteiger partial charge in [0.1, 0.15) is 24.0 Å². The smallest absolute Gasteiger partial charge is 0.266 e. The van der Waals surface area contributed by atoms with Gasteiger partial charge in [0.2, 0.25) is 5.72 Å². The number of halogens is 2. The highest BCUT2D eigenvalue weighted by Gasteiger charge is 2.35. The first-order valence-corrected chi connectivity index (χ1v) is 12.5. The molecule has 10 heteroatoms. The summed E-state index contributed by atoms with van der Waals surface area (Å²) in [4.78, 5) is 11.8. The highest BCUT2D eigenvalue weighted by atomic mass is 32.2. The van der Waals surface area contributed by atoms with Crippen LogP contribution in [0.3, 0.4) is 0 Å². The molecule has 3 rings (SSSR count). The lowest BCUT2D eigenvalue weighted by molar-refractivity contribution is -0.134. The number of hydrogen-bond acceptors (Lipinski definition) is 6. The Kier molecular flexibility index (Phi) is 8.21. The van der Waals surface area contributed by atoms with Gasteiger partial charge in [-0.1, -0.05) is 48.5 Å². The number of primary amides is 1. The number of ether oxygens (including phenoxy) is 1. The number of amides is 1. The molecule has 3 N–H and O–H groups in total. The Labute approximate surface area is 203 Å². The average molecular weight is 505 g/mol. The van der Waals surface area contributed by atoms with Crippen molar-refractivity contribution in [3.8, 4) is 5.75 Å². The Morgan fingerprint density at radius 3 is 2.14 bits per heavy atom. The standard InChI is InChI=1S/C25H26F2N2O5S/c1-25(24(28)30,34-35(2,31)32)29-15-17-11-12-23(33-16-19-8-4-6-10-22(19)27)20(13-17)14-18-7-3-5-9-21(18)26/h3-13,29H,14-16H2,1-2H3,(H2,28,30)/t25-/m0/s1. The van der Waals surface area contributed by atoms with Crippen LogP contribution in [0.4, 0.5) is 8.78 Å². The number of carbonyl (C=O) groups is 1. The maximum absolute atomic E-state index is 14.3. The number of nitrogens with one attached hydrogen (secondary N) is 1. The van der Waals surface area contributed by atoms with Gasteiger partial charge in [0.05, 0.1) is 6.26 Å². The lowest BCUT2D eigenvalue weighted by Crippen LogP contribution is -2.55. The summed E-state index contributed by atoms with van der Waals surface area (Å²) < 4.78 is 62.2. The number of nitrogens with two attached hydrogens (primary N) is 1. The first kappa shape index (κ1) is 26.3. The molecule has 0 aliphatic rings. The predicted octanol–water partition coefficient (Wildman–Crippen LogP) is 3.40. The van der Waals surface area contributed by atoms with E-state index >= 15 is 0 Å². The highest BCUT2D eigenvalue weighted by molar-refractivity contribution is 7.86. The molecular formula is C25H26F2N2O5S. The van der Waals surface area contributed by atoms with Gasteiger partial charge in [-0.2, -0.15) is 8.42 Å². The third-order valence-electron chi connectivity index (χ3n) is 5.22. The van der Waals surface area contributed by atoms with Crippen LogP contribution in [0.5, 0.6) is 5.75 Å². The molecule has 0 aliphatic heterocycles. The molecule has 0 unspecified atom stereocenters. The van der Waals surface area contributed by atoms with Gasteiger partial charge in [0.25, 0.3) is 16.0 Å². The van der Waals surface area contributed by atoms with Gasteiger partial charge in [-0.15, -0.1) is 0 Å². The summed E-state index contributed by atoms with van der Waals surface area (Å²) >= 11 is 0. The largest absolute Gasteiger partial charge is 0.489 e. The molecule has 0 saturated heterocycles. The van der Waals surface area contributed by atoms with Crippen LogP contribution in [0.25, 0.3) is 0 Å². The zero-order valence-electron chi connectivity index (χ0n) is 19.3. The van der Waals surface area contributed by atoms with E-state index in [9.17, 15) is 22.0 Å². The summed E-state index contributed by atoms with van der Waals surface area (Å²) in [5.74, 6) is -1.39. The Balaban J connectivity index is 1.87. The fourth-order valence-corrected chi connectivity index (χ4v) is 4.12. The SMILES string of the molecule is C[C@](NCc1ccc(OCc2ccccc2F)c(Cc2ccccc2F)c1)(OS(C)(=O)=O)C(N)=O. The van der Waals surface area contributed by atoms with Gasteiger partial charge in [-0.25, -0.2) is 13.0 Å². The van der Waals surface area contributed by atoms with Crippen LogP contribution in [0, 0.1) is 11.6 Å². The lowest BCUT2D eigenvalue weighted by Gasteiger charge is -2.26. The molecule has 0 radical (unpaired) electrons. The second kappa shape index (κ2) is 10.9. The van der Waals surface area contributed by atoms with Gasteiger partial charge in [-0.3, -0.25) is 10.1 Å². The van der Waals surface area contributed by atoms with Crippen molar-refractivity contribution in [1.29, 1.82) is 0 Å². The van der Waals surface area contributed by atoms with E-state index in [0.717, 1.165) is 6.26 Å². The summed E-state index contributed by atoms with van der Waals surface area (Å²) in [6.45, 7) is 1.19. The Morgan fingerprint density at radius 2 is 1.57 bits per heavy atom. The van der Waals surface area contributed by atoms with Crippen LogP contribution < -0.4 is 15.8 Å². The van der Waals surface area contributed by atoms with Crippen molar-refractivity contribution in [3.63, 3.8) is 0 Å². The lowest BCUT2D eigenvalue weighted by atomic mass is 10.0. The maximum Gasteiger partial charge on any atom is 0.266 e. The molecule has 7 nitrogen and oxygen atoms in total. The molecule has 0 bridgehead atoms. The molecule has 0 aliphatic carbocycles. The predicted molar refractivity (Wildman–Crippen MR) is 127 cm³/mol. The summed E-state index contributed by atoms with van der Waals surface area (Å²) in [5, 5.41) is 2.72. The molecule has 3 aromatic rings. The third kappa shape index (κ3) is 7.32. The Morgan fingerprint density at radius 1 is 0.971 bits per heavy atom. The second-order valence-electron chi connectivity index (χ2n) is 8.13. The van der Waals surface area contributed by atoms with Gasteiger partial charge in [-0.05, 0) is 41.8 Å². The Hall–Kier alpha value is -3.34. The van der Waals surface area contributed by atoms with Gasteiger partial charge < -0.3 is 10.5 Å². The Bertz CT molecular complexity index is 1320. The van der Waals surface area contributed by atoms with Crippen molar-refractivity contribution in [2.24, 2.45) is 5.73 Å². The molecule has 0 aromatic heterocycles. The van der Waals surface area contributed by atoms with Crippen LogP contribution in [0.2, 0.25) is 0 Å². The minimum Gasteiger partial charge on any atom is -0.489 e. The first-order chi connectivity index (χ1) is 16.5. The number of hydrogen-bond donors (Lipinski definition) is 2. The van der Waals surface area contributed by atoms with Crippen LogP contribution in [0.1, 0.15) is 29.2 Å². The van der Waals surface area contributed by atoms with Crippen LogP contribution in [-0.4, -0.2) is 26.3 Å². The molecule has 3 aromatic carbocycles. The highest BCUT2D eigenvalue weighted by Crippen LogP contribution is 2.26. The first-order valence-electron chi connectivity index (χ1n) is 10.6. The molecule has 0 heterocycles. The van der Waals surface area contributed by atoms with Gasteiger partial charge in [0, 0.05) is 18.5 Å². The van der Waals surface area contributed by atoms with E-state index in [1.54, 1.807) is 54.6 Å². The fraction of sp³-hybridized carbons (Fsp3) is 0.240. The third-order valence-corrected chi connectivity index (χ3v) is 5.86. The topological polar surface area (TPSA) is 108 Å². The fourth-order valence-electron chi connectivity index (χ4n) is 3.37. The van der Waals surface area contributed by atoms with Crippen molar-refractivity contribution in [3.05, 3.63) is 101 Å². The minimum atomic E-state index is -3.98. The number of rotatable bonds is 11. The molecule has 1 amide bonds. The van der Waals surface area contributed by atoms with E-state index in [0.29, 0.717) is 28.0 Å². The summed E-state index contributed by atoms with van der Waals surface area (Å²) in [6, 6.07) is 17.6.